The lowest BCUT2D eigenvalue weighted by Gasteiger charge is -2.46. The Morgan fingerprint density at radius 2 is 1.80 bits per heavy atom. The van der Waals surface area contributed by atoms with Crippen LogP contribution < -0.4 is 25.0 Å². The van der Waals surface area contributed by atoms with Gasteiger partial charge in [0.15, 0.2) is 0 Å². The summed E-state index contributed by atoms with van der Waals surface area (Å²) in [4.78, 5) is 26.3. The van der Waals surface area contributed by atoms with Crippen LogP contribution in [-0.4, -0.2) is 99.3 Å². The summed E-state index contributed by atoms with van der Waals surface area (Å²) in [5, 5.41) is 8.74. The second-order valence-electron chi connectivity index (χ2n) is 13.8. The molecule has 3 aliphatic rings. The van der Waals surface area contributed by atoms with Gasteiger partial charge in [0.1, 0.15) is 17.1 Å². The molecule has 0 atom stereocenters. The van der Waals surface area contributed by atoms with E-state index in [1.165, 1.54) is 33.5 Å². The zero-order valence-electron chi connectivity index (χ0n) is 29.3. The Morgan fingerprint density at radius 3 is 2.45 bits per heavy atom. The third kappa shape index (κ3) is 9.02. The summed E-state index contributed by atoms with van der Waals surface area (Å²) >= 11 is 0. The first-order valence-corrected chi connectivity index (χ1v) is 19.0. The molecule has 12 nitrogen and oxygen atoms in total. The number of ether oxygens (including phenoxy) is 1. The van der Waals surface area contributed by atoms with Gasteiger partial charge in [-0.1, -0.05) is 12.1 Å². The molecule has 276 valence electrons. The normalized spacial score (nSPS) is 20.0. The van der Waals surface area contributed by atoms with Gasteiger partial charge in [-0.15, -0.1) is 0 Å². The van der Waals surface area contributed by atoms with Crippen LogP contribution in [0.4, 0.5) is 36.3 Å². The predicted molar refractivity (Wildman–Crippen MR) is 190 cm³/mol. The fourth-order valence-corrected chi connectivity index (χ4v) is 7.09. The summed E-state index contributed by atoms with van der Waals surface area (Å²) < 4.78 is 73.0. The fraction of sp³-hybridized carbons (Fsp3) is 0.514. The number of halogens is 3. The van der Waals surface area contributed by atoms with Crippen molar-refractivity contribution >= 4 is 39.1 Å². The van der Waals surface area contributed by atoms with Crippen LogP contribution >= 0.6 is 0 Å². The predicted octanol–water partition coefficient (Wildman–Crippen LogP) is 4.85. The van der Waals surface area contributed by atoms with E-state index in [0.29, 0.717) is 34.7 Å². The van der Waals surface area contributed by atoms with Gasteiger partial charge in [0.25, 0.3) is 5.91 Å². The Kier molecular flexibility index (Phi) is 10.7. The monoisotopic (exact) mass is 730 g/mol. The zero-order chi connectivity index (χ0) is 36.5. The number of piperazine rings is 1. The number of hydrogen-bond donors (Lipinski definition) is 3. The van der Waals surface area contributed by atoms with Crippen LogP contribution in [0.1, 0.15) is 52.7 Å². The van der Waals surface area contributed by atoms with Crippen LogP contribution in [0.3, 0.4) is 0 Å². The minimum atomic E-state index is -4.77. The number of amides is 1. The number of alkyl halides is 3. The Morgan fingerprint density at radius 1 is 1.08 bits per heavy atom. The van der Waals surface area contributed by atoms with Crippen LogP contribution in [0, 0.1) is 12.8 Å². The highest BCUT2D eigenvalue weighted by molar-refractivity contribution is 7.92. The maximum atomic E-state index is 14.0. The number of anilines is 4. The Balaban J connectivity index is 1.09. The van der Waals surface area contributed by atoms with Crippen molar-refractivity contribution in [2.75, 3.05) is 68.1 Å². The molecule has 6 rings (SSSR count). The van der Waals surface area contributed by atoms with E-state index in [1.807, 2.05) is 0 Å². The largest absolute Gasteiger partial charge is 0.495 e. The second kappa shape index (κ2) is 14.8. The molecule has 2 aromatic carbocycles. The first-order chi connectivity index (χ1) is 24.2. The standard InChI is InChI=1S/C35H45F3N8O4S/c1-22-5-8-25(30(15-22)44(2)51(4,48)49)19-39-32-28(35(36,37)38)20-40-34(43-32)42-29-10-9-24(16-31(29)50-3)33(47)41-26-17-27(18-26)46-13-11-45(12-14-46)21-23-6-7-23/h5,8-10,15-16,20,23,26-27H,6-7,11-14,17-19,21H2,1-4H3,(H,41,47)(H2,39,40,42,43). The molecule has 0 unspecified atom stereocenters. The lowest BCUT2D eigenvalue weighted by Crippen LogP contribution is -2.58. The second-order valence-corrected chi connectivity index (χ2v) is 15.8. The molecule has 0 spiro atoms. The van der Waals surface area contributed by atoms with Crippen LogP contribution in [-0.2, 0) is 22.7 Å². The lowest BCUT2D eigenvalue weighted by molar-refractivity contribution is -0.137. The summed E-state index contributed by atoms with van der Waals surface area (Å²) in [6.07, 6.45) is 1.51. The molecule has 1 aliphatic heterocycles. The van der Waals surface area contributed by atoms with E-state index < -0.39 is 27.6 Å². The molecule has 2 saturated carbocycles. The summed E-state index contributed by atoms with van der Waals surface area (Å²) in [5.41, 5.74) is 1.20. The number of sulfonamides is 1. The molecular weight excluding hydrogens is 685 g/mol. The molecule has 2 aliphatic carbocycles. The number of carbonyl (C=O) groups excluding carboxylic acids is 1. The number of rotatable bonds is 13. The average molecular weight is 731 g/mol. The van der Waals surface area contributed by atoms with E-state index in [2.05, 4.69) is 35.7 Å². The van der Waals surface area contributed by atoms with E-state index in [-0.39, 0.29) is 30.2 Å². The van der Waals surface area contributed by atoms with Gasteiger partial charge in [0.2, 0.25) is 16.0 Å². The highest BCUT2D eigenvalue weighted by Gasteiger charge is 2.37. The Labute approximate surface area is 296 Å². The fourth-order valence-electron chi connectivity index (χ4n) is 6.56. The molecule has 2 heterocycles. The topological polar surface area (TPSA) is 132 Å². The van der Waals surface area contributed by atoms with E-state index in [9.17, 15) is 26.4 Å². The van der Waals surface area contributed by atoms with Gasteiger partial charge in [-0.05, 0) is 73.9 Å². The van der Waals surface area contributed by atoms with Gasteiger partial charge in [-0.3, -0.25) is 14.0 Å². The number of aryl methyl sites for hydroxylation is 1. The number of hydrogen-bond acceptors (Lipinski definition) is 10. The molecule has 0 radical (unpaired) electrons. The van der Waals surface area contributed by atoms with Gasteiger partial charge in [0, 0.05) is 70.2 Å². The molecule has 1 saturated heterocycles. The first-order valence-electron chi connectivity index (χ1n) is 17.1. The van der Waals surface area contributed by atoms with Crippen molar-refractivity contribution in [3.8, 4) is 5.75 Å². The molecule has 0 bridgehead atoms. The number of carbonyl (C=O) groups is 1. The molecule has 16 heteroatoms. The quantitative estimate of drug-likeness (QED) is 0.224. The van der Waals surface area contributed by atoms with Crippen LogP contribution in [0.2, 0.25) is 0 Å². The Bertz CT molecular complexity index is 1840. The number of aromatic nitrogens is 2. The molecule has 51 heavy (non-hydrogen) atoms. The van der Waals surface area contributed by atoms with E-state index in [1.54, 1.807) is 43.3 Å². The molecule has 3 fully saturated rings. The summed E-state index contributed by atoms with van der Waals surface area (Å²) in [5.74, 6) is 0.312. The van der Waals surface area contributed by atoms with Gasteiger partial charge in [0.05, 0.1) is 24.7 Å². The molecule has 3 aromatic rings. The number of nitrogens with zero attached hydrogens (tertiary/aromatic N) is 5. The summed E-state index contributed by atoms with van der Waals surface area (Å²) in [6.45, 7) is 7.23. The molecule has 1 amide bonds. The van der Waals surface area contributed by atoms with Crippen molar-refractivity contribution in [3.05, 3.63) is 64.8 Å². The van der Waals surface area contributed by atoms with E-state index in [0.717, 1.165) is 61.1 Å². The van der Waals surface area contributed by atoms with Crippen LogP contribution in [0.5, 0.6) is 5.75 Å². The van der Waals surface area contributed by atoms with Crippen LogP contribution in [0.25, 0.3) is 0 Å². The van der Waals surface area contributed by atoms with Gasteiger partial charge in [-0.25, -0.2) is 13.4 Å². The zero-order valence-corrected chi connectivity index (χ0v) is 30.1. The van der Waals surface area contributed by atoms with Crippen LogP contribution in [0.15, 0.2) is 42.6 Å². The smallest absolute Gasteiger partial charge is 0.421 e. The maximum Gasteiger partial charge on any atom is 0.421 e. The third-order valence-electron chi connectivity index (χ3n) is 9.91. The van der Waals surface area contributed by atoms with E-state index >= 15 is 0 Å². The minimum absolute atomic E-state index is 0.0880. The number of nitrogens with one attached hydrogen (secondary N) is 3. The van der Waals surface area contributed by atoms with E-state index in [4.69, 9.17) is 4.74 Å². The summed E-state index contributed by atoms with van der Waals surface area (Å²) in [6, 6.07) is 10.4. The highest BCUT2D eigenvalue weighted by Crippen LogP contribution is 2.36. The molecule has 1 aromatic heterocycles. The minimum Gasteiger partial charge on any atom is -0.495 e. The van der Waals surface area contributed by atoms with Crippen molar-refractivity contribution in [3.63, 3.8) is 0 Å². The van der Waals surface area contributed by atoms with Crippen molar-refractivity contribution in [1.29, 1.82) is 0 Å². The first kappa shape index (κ1) is 36.6. The number of methoxy groups -OCH3 is 1. The number of benzene rings is 2. The average Bonchev–Trinajstić information content (AvgIpc) is 3.89. The molecule has 3 N–H and O–H groups in total. The van der Waals surface area contributed by atoms with Gasteiger partial charge < -0.3 is 25.6 Å². The SMILES string of the molecule is COc1cc(C(=O)NC2CC(N3CCN(CC4CC4)CC3)C2)ccc1Nc1ncc(C(F)(F)F)c(NCc2ccc(C)cc2N(C)S(C)(=O)=O)n1. The summed E-state index contributed by atoms with van der Waals surface area (Å²) in [7, 11) is -0.823. The van der Waals surface area contributed by atoms with Crippen molar-refractivity contribution in [2.24, 2.45) is 5.92 Å². The maximum absolute atomic E-state index is 14.0. The molecular formula is C35H45F3N8O4S. The van der Waals surface area contributed by atoms with Gasteiger partial charge >= 0.3 is 6.18 Å². The van der Waals surface area contributed by atoms with Gasteiger partial charge in [-0.2, -0.15) is 18.2 Å². The third-order valence-corrected chi connectivity index (χ3v) is 11.1. The van der Waals surface area contributed by atoms with Crippen molar-refractivity contribution < 1.29 is 31.1 Å². The highest BCUT2D eigenvalue weighted by atomic mass is 32.2. The van der Waals surface area contributed by atoms with Crippen molar-refractivity contribution in [2.45, 2.75) is 57.4 Å². The lowest BCUT2D eigenvalue weighted by atomic mass is 9.85. The Hall–Kier alpha value is -4.15. The van der Waals surface area contributed by atoms with Crippen molar-refractivity contribution in [1.82, 2.24) is 25.1 Å².